The van der Waals surface area contributed by atoms with Gasteiger partial charge in [-0.2, -0.15) is 0 Å². The average molecular weight is 477 g/mol. The zero-order valence-corrected chi connectivity index (χ0v) is 19.0. The smallest absolute Gasteiger partial charge is 0.407 e. The van der Waals surface area contributed by atoms with E-state index in [4.69, 9.17) is 4.74 Å². The van der Waals surface area contributed by atoms with E-state index in [1.54, 1.807) is 48.5 Å². The monoisotopic (exact) mass is 476 g/mol. The number of carboxylic acid groups (broad SMARTS) is 1. The van der Waals surface area contributed by atoms with Gasteiger partial charge >= 0.3 is 12.1 Å². The minimum absolute atomic E-state index is 0.0733. The Bertz CT molecular complexity index is 1050. The number of hydrogen-bond acceptors (Lipinski definition) is 5. The van der Waals surface area contributed by atoms with Gasteiger partial charge in [-0.25, -0.2) is 9.59 Å². The lowest BCUT2D eigenvalue weighted by molar-refractivity contribution is -0.142. The van der Waals surface area contributed by atoms with Gasteiger partial charge in [0.05, 0.1) is 12.5 Å². The Labute approximate surface area is 203 Å². The summed E-state index contributed by atoms with van der Waals surface area (Å²) in [6, 6.07) is 25.9. The molecule has 0 fully saturated rings. The Morgan fingerprint density at radius 1 is 0.800 bits per heavy atom. The molecule has 0 bridgehead atoms. The summed E-state index contributed by atoms with van der Waals surface area (Å²) >= 11 is 0. The summed E-state index contributed by atoms with van der Waals surface area (Å²) in [7, 11) is 0. The van der Waals surface area contributed by atoms with E-state index in [9.17, 15) is 24.6 Å². The van der Waals surface area contributed by atoms with Crippen molar-refractivity contribution in [1.29, 1.82) is 0 Å². The maximum Gasteiger partial charge on any atom is 0.407 e. The molecular formula is C27H28N2O6. The van der Waals surface area contributed by atoms with Gasteiger partial charge in [-0.15, -0.1) is 0 Å². The van der Waals surface area contributed by atoms with Crippen molar-refractivity contribution in [2.24, 2.45) is 0 Å². The molecule has 0 spiro atoms. The highest BCUT2D eigenvalue weighted by Crippen LogP contribution is 2.28. The van der Waals surface area contributed by atoms with E-state index in [1.807, 2.05) is 42.5 Å². The van der Waals surface area contributed by atoms with E-state index in [0.717, 1.165) is 16.7 Å². The van der Waals surface area contributed by atoms with Gasteiger partial charge in [0.2, 0.25) is 5.91 Å². The first-order valence-corrected chi connectivity index (χ1v) is 11.2. The van der Waals surface area contributed by atoms with Gasteiger partial charge in [-0.05, 0) is 16.7 Å². The molecule has 0 heterocycles. The van der Waals surface area contributed by atoms with E-state index in [0.29, 0.717) is 0 Å². The molecule has 0 radical (unpaired) electrons. The maximum atomic E-state index is 12.6. The number of carboxylic acids is 1. The third-order valence-electron chi connectivity index (χ3n) is 5.35. The van der Waals surface area contributed by atoms with Crippen molar-refractivity contribution in [2.75, 3.05) is 6.54 Å². The van der Waals surface area contributed by atoms with Crippen LogP contribution in [0.1, 0.15) is 29.0 Å². The van der Waals surface area contributed by atoms with Crippen molar-refractivity contribution in [2.45, 2.75) is 31.1 Å². The van der Waals surface area contributed by atoms with Crippen LogP contribution in [0.5, 0.6) is 0 Å². The second kappa shape index (κ2) is 12.9. The number of nitrogens with one attached hydrogen (secondary N) is 2. The fourth-order valence-corrected chi connectivity index (χ4v) is 3.68. The highest BCUT2D eigenvalue weighted by Gasteiger charge is 2.32. The Kier molecular flexibility index (Phi) is 9.39. The van der Waals surface area contributed by atoms with Crippen molar-refractivity contribution in [1.82, 2.24) is 10.6 Å². The molecule has 0 aliphatic heterocycles. The van der Waals surface area contributed by atoms with Crippen molar-refractivity contribution < 1.29 is 29.3 Å². The van der Waals surface area contributed by atoms with E-state index >= 15 is 0 Å². The summed E-state index contributed by atoms with van der Waals surface area (Å²) in [4.78, 5) is 36.6. The van der Waals surface area contributed by atoms with Crippen molar-refractivity contribution in [3.05, 3.63) is 108 Å². The fraction of sp³-hybridized carbons (Fsp3) is 0.222. The topological polar surface area (TPSA) is 125 Å². The number of rotatable bonds is 11. The first-order valence-electron chi connectivity index (χ1n) is 11.2. The molecule has 4 N–H and O–H groups in total. The van der Waals surface area contributed by atoms with Gasteiger partial charge < -0.3 is 25.6 Å². The number of amides is 2. The first-order chi connectivity index (χ1) is 16.9. The van der Waals surface area contributed by atoms with E-state index in [-0.39, 0.29) is 19.6 Å². The SMILES string of the molecule is O=C(C[C@H](O)CNC(=O)OCc1ccccc1)N[C@H](C(=O)O)C(c1ccccc1)c1ccccc1. The second-order valence-electron chi connectivity index (χ2n) is 7.98. The van der Waals surface area contributed by atoms with Gasteiger partial charge in [-0.1, -0.05) is 91.0 Å². The zero-order valence-electron chi connectivity index (χ0n) is 19.0. The summed E-state index contributed by atoms with van der Waals surface area (Å²) in [5.74, 6) is -2.49. The summed E-state index contributed by atoms with van der Waals surface area (Å²) < 4.78 is 5.07. The number of hydrogen-bond donors (Lipinski definition) is 4. The molecule has 0 unspecified atom stereocenters. The van der Waals surface area contributed by atoms with Gasteiger partial charge in [0.25, 0.3) is 0 Å². The van der Waals surface area contributed by atoms with Gasteiger partial charge in [0.15, 0.2) is 0 Å². The van der Waals surface area contributed by atoms with Crippen LogP contribution in [0.2, 0.25) is 0 Å². The number of ether oxygens (including phenoxy) is 1. The molecule has 182 valence electrons. The lowest BCUT2D eigenvalue weighted by atomic mass is 9.85. The molecule has 0 aliphatic rings. The molecule has 2 amide bonds. The molecule has 2 atom stereocenters. The number of aliphatic hydroxyl groups excluding tert-OH is 1. The minimum atomic E-state index is -1.26. The largest absolute Gasteiger partial charge is 0.480 e. The normalized spacial score (nSPS) is 12.4. The van der Waals surface area contributed by atoms with Gasteiger partial charge in [0, 0.05) is 12.5 Å². The molecule has 8 heteroatoms. The van der Waals surface area contributed by atoms with Crippen LogP contribution in [-0.4, -0.2) is 46.9 Å². The van der Waals surface area contributed by atoms with E-state index in [2.05, 4.69) is 10.6 Å². The van der Waals surface area contributed by atoms with Crippen molar-refractivity contribution >= 4 is 18.0 Å². The van der Waals surface area contributed by atoms with Crippen LogP contribution >= 0.6 is 0 Å². The molecule has 8 nitrogen and oxygen atoms in total. The Hall–Kier alpha value is -4.17. The number of benzene rings is 3. The van der Waals surface area contributed by atoms with Crippen LogP contribution in [0.15, 0.2) is 91.0 Å². The molecule has 3 aromatic carbocycles. The number of aliphatic carboxylic acids is 1. The number of alkyl carbamates (subject to hydrolysis) is 1. The molecule has 35 heavy (non-hydrogen) atoms. The molecule has 0 aromatic heterocycles. The van der Waals surface area contributed by atoms with E-state index in [1.165, 1.54) is 0 Å². The van der Waals surface area contributed by atoms with Crippen LogP contribution in [0.4, 0.5) is 4.79 Å². The van der Waals surface area contributed by atoms with Crippen LogP contribution in [0.25, 0.3) is 0 Å². The second-order valence-corrected chi connectivity index (χ2v) is 7.98. The molecular weight excluding hydrogens is 448 g/mol. The predicted molar refractivity (Wildman–Crippen MR) is 130 cm³/mol. The Morgan fingerprint density at radius 3 is 1.83 bits per heavy atom. The van der Waals surface area contributed by atoms with Crippen LogP contribution in [-0.2, 0) is 20.9 Å². The molecule has 3 aromatic rings. The first kappa shape index (κ1) is 25.5. The van der Waals surface area contributed by atoms with Gasteiger partial charge in [-0.3, -0.25) is 4.79 Å². The maximum absolute atomic E-state index is 12.6. The zero-order chi connectivity index (χ0) is 25.0. The Balaban J connectivity index is 1.57. The Morgan fingerprint density at radius 2 is 1.31 bits per heavy atom. The lowest BCUT2D eigenvalue weighted by Crippen LogP contribution is -2.46. The summed E-state index contributed by atoms with van der Waals surface area (Å²) in [5.41, 5.74) is 2.28. The van der Waals surface area contributed by atoms with Crippen LogP contribution < -0.4 is 10.6 Å². The predicted octanol–water partition coefficient (Wildman–Crippen LogP) is 3.07. The van der Waals surface area contributed by atoms with Crippen molar-refractivity contribution in [3.63, 3.8) is 0 Å². The number of carbonyl (C=O) groups is 3. The quantitative estimate of drug-likeness (QED) is 0.337. The summed E-state index contributed by atoms with van der Waals surface area (Å²) in [5, 5.41) is 25.1. The molecule has 0 aliphatic carbocycles. The average Bonchev–Trinajstić information content (AvgIpc) is 2.87. The fourth-order valence-electron chi connectivity index (χ4n) is 3.68. The third kappa shape index (κ3) is 7.97. The van der Waals surface area contributed by atoms with Crippen LogP contribution in [0, 0.1) is 0 Å². The molecule has 0 saturated carbocycles. The molecule has 3 rings (SSSR count). The van der Waals surface area contributed by atoms with Gasteiger partial charge in [0.1, 0.15) is 12.6 Å². The summed E-state index contributed by atoms with van der Waals surface area (Å²) in [6.45, 7) is -0.149. The van der Waals surface area contributed by atoms with Crippen LogP contribution in [0.3, 0.4) is 0 Å². The standard InChI is InChI=1S/C27H28N2O6/c30-22(17-28-27(34)35-18-19-10-4-1-5-11-19)16-23(31)29-25(26(32)33)24(20-12-6-2-7-13-20)21-14-8-3-9-15-21/h1-15,22,24-25,30H,16-18H2,(H,28,34)(H,29,31)(H,32,33)/t22-,25-/m0/s1. The number of aliphatic hydroxyl groups is 1. The summed E-state index contributed by atoms with van der Waals surface area (Å²) in [6.07, 6.45) is -2.34. The third-order valence-corrected chi connectivity index (χ3v) is 5.35. The van der Waals surface area contributed by atoms with Crippen molar-refractivity contribution in [3.8, 4) is 0 Å². The lowest BCUT2D eigenvalue weighted by Gasteiger charge is -2.26. The number of carbonyl (C=O) groups excluding carboxylic acids is 2. The molecule has 0 saturated heterocycles. The minimum Gasteiger partial charge on any atom is -0.480 e. The highest BCUT2D eigenvalue weighted by atomic mass is 16.5. The highest BCUT2D eigenvalue weighted by molar-refractivity contribution is 5.85. The van der Waals surface area contributed by atoms with E-state index < -0.39 is 36.0 Å².